The Hall–Kier alpha value is -1.12. The number of hydrogen-bond donors (Lipinski definition) is 1. The Kier molecular flexibility index (Phi) is 4.77. The average molecular weight is 231 g/mol. The van der Waals surface area contributed by atoms with Crippen molar-refractivity contribution in [3.63, 3.8) is 0 Å². The van der Waals surface area contributed by atoms with Gasteiger partial charge in [0, 0.05) is 13.2 Å². The van der Waals surface area contributed by atoms with Gasteiger partial charge >= 0.3 is 0 Å². The molecule has 2 rings (SSSR count). The van der Waals surface area contributed by atoms with Gasteiger partial charge in [0.05, 0.1) is 6.10 Å². The van der Waals surface area contributed by atoms with Crippen molar-refractivity contribution in [2.24, 2.45) is 0 Å². The minimum absolute atomic E-state index is 0.176. The van der Waals surface area contributed by atoms with Gasteiger partial charge in [-0.25, -0.2) is 0 Å². The maximum absolute atomic E-state index is 5.56. The topological polar surface area (TPSA) is 21.3 Å². The second-order valence-electron chi connectivity index (χ2n) is 4.53. The van der Waals surface area contributed by atoms with Gasteiger partial charge < -0.3 is 10.1 Å². The third-order valence-electron chi connectivity index (χ3n) is 3.30. The minimum Gasteiger partial charge on any atom is -0.376 e. The van der Waals surface area contributed by atoms with Crippen molar-refractivity contribution < 1.29 is 4.74 Å². The molecule has 92 valence electrons. The lowest BCUT2D eigenvalue weighted by Gasteiger charge is -2.28. The maximum Gasteiger partial charge on any atom is 0.0908 e. The number of nitrogens with one attached hydrogen (secondary N) is 1. The lowest BCUT2D eigenvalue weighted by Crippen LogP contribution is -2.43. The predicted molar refractivity (Wildman–Crippen MR) is 71.9 cm³/mol. The van der Waals surface area contributed by atoms with Crippen LogP contribution in [-0.2, 0) is 4.74 Å². The summed E-state index contributed by atoms with van der Waals surface area (Å²) in [6.45, 7) is 1.11. The summed E-state index contributed by atoms with van der Waals surface area (Å²) in [5.74, 6) is 0. The zero-order valence-corrected chi connectivity index (χ0v) is 10.4. The summed E-state index contributed by atoms with van der Waals surface area (Å²) in [7, 11) is 1.79. The van der Waals surface area contributed by atoms with Gasteiger partial charge in [-0.15, -0.1) is 0 Å². The Bertz CT molecular complexity index is 341. The maximum atomic E-state index is 5.56. The Morgan fingerprint density at radius 3 is 2.76 bits per heavy atom. The number of rotatable bonds is 4. The monoisotopic (exact) mass is 231 g/mol. The molecular formula is C15H21NO. The summed E-state index contributed by atoms with van der Waals surface area (Å²) in [4.78, 5) is 0. The van der Waals surface area contributed by atoms with Crippen LogP contribution in [0.2, 0.25) is 0 Å². The molecule has 0 spiro atoms. The van der Waals surface area contributed by atoms with Crippen LogP contribution in [0, 0.1) is 0 Å². The fraction of sp³-hybridized carbons (Fsp3) is 0.467. The van der Waals surface area contributed by atoms with Crippen LogP contribution in [-0.4, -0.2) is 25.8 Å². The van der Waals surface area contributed by atoms with E-state index in [1.807, 2.05) is 6.07 Å². The van der Waals surface area contributed by atoms with Gasteiger partial charge in [0.25, 0.3) is 0 Å². The third-order valence-corrected chi connectivity index (χ3v) is 3.30. The van der Waals surface area contributed by atoms with E-state index in [0.717, 1.165) is 6.54 Å². The first-order valence-corrected chi connectivity index (χ1v) is 6.39. The highest BCUT2D eigenvalue weighted by Gasteiger charge is 2.20. The molecule has 0 bridgehead atoms. The van der Waals surface area contributed by atoms with E-state index in [1.165, 1.54) is 24.8 Å². The van der Waals surface area contributed by atoms with Crippen LogP contribution in [0.15, 0.2) is 36.4 Å². The van der Waals surface area contributed by atoms with Gasteiger partial charge in [0.15, 0.2) is 0 Å². The molecule has 0 aromatic heterocycles. The van der Waals surface area contributed by atoms with Crippen LogP contribution >= 0.6 is 0 Å². The van der Waals surface area contributed by atoms with E-state index in [1.54, 1.807) is 7.11 Å². The molecule has 2 nitrogen and oxygen atoms in total. The Morgan fingerprint density at radius 1 is 1.29 bits per heavy atom. The molecule has 1 aliphatic rings. The van der Waals surface area contributed by atoms with E-state index in [4.69, 9.17) is 4.74 Å². The fourth-order valence-corrected chi connectivity index (χ4v) is 2.31. The largest absolute Gasteiger partial charge is 0.376 e. The summed E-state index contributed by atoms with van der Waals surface area (Å²) >= 11 is 0. The molecular weight excluding hydrogens is 210 g/mol. The van der Waals surface area contributed by atoms with E-state index in [9.17, 15) is 0 Å². The lowest BCUT2D eigenvalue weighted by molar-refractivity contribution is 0.0954. The quantitative estimate of drug-likeness (QED) is 0.860. The Morgan fingerprint density at radius 2 is 2.12 bits per heavy atom. The molecule has 2 unspecified atom stereocenters. The second kappa shape index (κ2) is 6.58. The van der Waals surface area contributed by atoms with Crippen LogP contribution in [0.3, 0.4) is 0 Å². The highest BCUT2D eigenvalue weighted by atomic mass is 16.5. The van der Waals surface area contributed by atoms with Gasteiger partial charge in [-0.05, 0) is 24.9 Å². The molecule has 1 fully saturated rings. The molecule has 0 saturated carbocycles. The van der Waals surface area contributed by atoms with Crippen molar-refractivity contribution in [1.29, 1.82) is 0 Å². The third kappa shape index (κ3) is 3.69. The molecule has 17 heavy (non-hydrogen) atoms. The number of methoxy groups -OCH3 is 1. The zero-order chi connectivity index (χ0) is 11.9. The smallest absolute Gasteiger partial charge is 0.0908 e. The summed E-state index contributed by atoms with van der Waals surface area (Å²) in [5, 5.41) is 3.53. The molecule has 0 radical (unpaired) electrons. The van der Waals surface area contributed by atoms with Crippen LogP contribution < -0.4 is 5.32 Å². The highest BCUT2D eigenvalue weighted by Crippen LogP contribution is 2.14. The molecule has 1 heterocycles. The minimum atomic E-state index is 0.176. The van der Waals surface area contributed by atoms with Gasteiger partial charge in [-0.1, -0.05) is 48.9 Å². The summed E-state index contributed by atoms with van der Waals surface area (Å²) in [6, 6.07) is 10.8. The fourth-order valence-electron chi connectivity index (χ4n) is 2.31. The van der Waals surface area contributed by atoms with Crippen molar-refractivity contribution in [3.05, 3.63) is 42.0 Å². The van der Waals surface area contributed by atoms with Gasteiger partial charge in [0.2, 0.25) is 0 Å². The van der Waals surface area contributed by atoms with Crippen molar-refractivity contribution in [1.82, 2.24) is 5.32 Å². The summed E-state index contributed by atoms with van der Waals surface area (Å²) in [6.07, 6.45) is 8.28. The first-order chi connectivity index (χ1) is 8.40. The van der Waals surface area contributed by atoms with Crippen LogP contribution in [0.4, 0.5) is 0 Å². The number of ether oxygens (including phenoxy) is 1. The molecule has 1 saturated heterocycles. The van der Waals surface area contributed by atoms with Gasteiger partial charge in [0.1, 0.15) is 0 Å². The Labute approximate surface area is 104 Å². The van der Waals surface area contributed by atoms with E-state index in [0.29, 0.717) is 6.04 Å². The highest BCUT2D eigenvalue weighted by molar-refractivity contribution is 5.49. The standard InChI is InChI=1S/C15H21NO/c1-17-15(14-9-5-6-12-16-14)11-10-13-7-3-2-4-8-13/h2-4,7-8,10-11,14-16H,5-6,9,12H2,1H3/b11-10+. The second-order valence-corrected chi connectivity index (χ2v) is 4.53. The van der Waals surface area contributed by atoms with Gasteiger partial charge in [-0.3, -0.25) is 0 Å². The molecule has 0 aliphatic carbocycles. The zero-order valence-electron chi connectivity index (χ0n) is 10.4. The first-order valence-electron chi connectivity index (χ1n) is 6.39. The summed E-state index contributed by atoms with van der Waals surface area (Å²) < 4.78 is 5.56. The van der Waals surface area contributed by atoms with Crippen molar-refractivity contribution in [2.45, 2.75) is 31.4 Å². The number of piperidine rings is 1. The number of benzene rings is 1. The molecule has 2 heteroatoms. The van der Waals surface area contributed by atoms with E-state index in [-0.39, 0.29) is 6.10 Å². The first kappa shape index (κ1) is 12.3. The molecule has 1 N–H and O–H groups in total. The van der Waals surface area contributed by atoms with E-state index >= 15 is 0 Å². The van der Waals surface area contributed by atoms with Crippen molar-refractivity contribution in [3.8, 4) is 0 Å². The number of hydrogen-bond acceptors (Lipinski definition) is 2. The van der Waals surface area contributed by atoms with Crippen LogP contribution in [0.1, 0.15) is 24.8 Å². The average Bonchev–Trinajstić information content (AvgIpc) is 2.42. The normalized spacial score (nSPS) is 22.8. The molecule has 1 aliphatic heterocycles. The summed E-state index contributed by atoms with van der Waals surface area (Å²) in [5.41, 5.74) is 1.23. The molecule has 0 amide bonds. The predicted octanol–water partition coefficient (Wildman–Crippen LogP) is 2.86. The van der Waals surface area contributed by atoms with Gasteiger partial charge in [-0.2, -0.15) is 0 Å². The van der Waals surface area contributed by atoms with Crippen LogP contribution in [0.5, 0.6) is 0 Å². The van der Waals surface area contributed by atoms with E-state index in [2.05, 4.69) is 41.7 Å². The molecule has 1 aromatic rings. The van der Waals surface area contributed by atoms with Crippen LogP contribution in [0.25, 0.3) is 6.08 Å². The SMILES string of the molecule is COC(/C=C/c1ccccc1)C1CCCCN1. The Balaban J connectivity index is 1.96. The molecule has 2 atom stereocenters. The van der Waals surface area contributed by atoms with E-state index < -0.39 is 0 Å². The van der Waals surface area contributed by atoms with Crippen molar-refractivity contribution in [2.75, 3.05) is 13.7 Å². The molecule has 1 aromatic carbocycles. The van der Waals surface area contributed by atoms with Crippen molar-refractivity contribution >= 4 is 6.08 Å². The lowest BCUT2D eigenvalue weighted by atomic mass is 9.99.